The molecule has 4 atom stereocenters. The number of aliphatic carboxylic acids is 1. The van der Waals surface area contributed by atoms with Gasteiger partial charge in [0.25, 0.3) is 5.91 Å². The molecule has 0 aromatic heterocycles. The first kappa shape index (κ1) is 24.1. The summed E-state index contributed by atoms with van der Waals surface area (Å²) in [6.45, 7) is 7.14. The SMILES string of the molecule is CC(C)(C)S(=O)CC(C1CC1)N1C(=O)[C@@](C)(CC(=O)O)OC[C@H]1c1ccc(Cl)c(F)c1. The molecule has 1 amide bonds. The largest absolute Gasteiger partial charge is 0.481 e. The lowest BCUT2D eigenvalue weighted by atomic mass is 9.92. The normalized spacial score (nSPS) is 26.6. The van der Waals surface area contributed by atoms with Crippen LogP contribution in [0.25, 0.3) is 0 Å². The van der Waals surface area contributed by atoms with Crippen molar-refractivity contribution in [3.63, 3.8) is 0 Å². The summed E-state index contributed by atoms with van der Waals surface area (Å²) in [6, 6.07) is 3.38. The predicted octanol–water partition coefficient (Wildman–Crippen LogP) is 3.94. The van der Waals surface area contributed by atoms with E-state index in [0.717, 1.165) is 12.8 Å². The van der Waals surface area contributed by atoms with Gasteiger partial charge in [-0.25, -0.2) is 4.39 Å². The van der Waals surface area contributed by atoms with Gasteiger partial charge in [0, 0.05) is 27.3 Å². The molecule has 1 aromatic rings. The highest BCUT2D eigenvalue weighted by Gasteiger charge is 2.52. The van der Waals surface area contributed by atoms with Crippen LogP contribution >= 0.6 is 11.6 Å². The Morgan fingerprint density at radius 2 is 2.06 bits per heavy atom. The van der Waals surface area contributed by atoms with Gasteiger partial charge in [0.15, 0.2) is 5.60 Å². The number of benzene rings is 1. The first-order valence-electron chi connectivity index (χ1n) is 10.4. The van der Waals surface area contributed by atoms with Gasteiger partial charge in [0.1, 0.15) is 5.82 Å². The molecule has 172 valence electrons. The molecule has 2 unspecified atom stereocenters. The molecule has 0 spiro atoms. The molecule has 1 aliphatic heterocycles. The Morgan fingerprint density at radius 3 is 2.58 bits per heavy atom. The zero-order valence-corrected chi connectivity index (χ0v) is 19.8. The molecular formula is C22H29ClFNO5S. The van der Waals surface area contributed by atoms with E-state index in [9.17, 15) is 23.3 Å². The summed E-state index contributed by atoms with van der Waals surface area (Å²) in [5.74, 6) is -1.78. The van der Waals surface area contributed by atoms with Crippen molar-refractivity contribution >= 4 is 34.3 Å². The van der Waals surface area contributed by atoms with Crippen molar-refractivity contribution in [1.82, 2.24) is 4.90 Å². The molecule has 0 radical (unpaired) electrons. The summed E-state index contributed by atoms with van der Waals surface area (Å²) in [4.78, 5) is 26.7. The van der Waals surface area contributed by atoms with Crippen molar-refractivity contribution in [2.24, 2.45) is 5.92 Å². The number of hydrogen-bond acceptors (Lipinski definition) is 4. The highest BCUT2D eigenvalue weighted by molar-refractivity contribution is 7.86. The fraction of sp³-hybridized carbons (Fsp3) is 0.636. The third-order valence-corrected chi connectivity index (χ3v) is 8.24. The number of hydrogen-bond donors (Lipinski definition) is 1. The minimum Gasteiger partial charge on any atom is -0.481 e. The lowest BCUT2D eigenvalue weighted by Gasteiger charge is -2.48. The maximum Gasteiger partial charge on any atom is 0.306 e. The van der Waals surface area contributed by atoms with Crippen LogP contribution in [0.1, 0.15) is 58.6 Å². The summed E-state index contributed by atoms with van der Waals surface area (Å²) in [5, 5.41) is 9.31. The molecule has 6 nitrogen and oxygen atoms in total. The average molecular weight is 474 g/mol. The van der Waals surface area contributed by atoms with Crippen LogP contribution in [0.4, 0.5) is 4.39 Å². The summed E-state index contributed by atoms with van der Waals surface area (Å²) in [7, 11) is -1.23. The first-order valence-corrected chi connectivity index (χ1v) is 12.0. The third-order valence-electron chi connectivity index (χ3n) is 5.93. The number of rotatable bonds is 7. The lowest BCUT2D eigenvalue weighted by Crippen LogP contribution is -2.61. The van der Waals surface area contributed by atoms with Gasteiger partial charge in [-0.2, -0.15) is 0 Å². The molecule has 1 aliphatic carbocycles. The van der Waals surface area contributed by atoms with Crippen LogP contribution in [0.15, 0.2) is 18.2 Å². The van der Waals surface area contributed by atoms with E-state index in [-0.39, 0.29) is 29.3 Å². The number of halogens is 2. The summed E-state index contributed by atoms with van der Waals surface area (Å²) in [6.07, 6.45) is 1.31. The zero-order valence-electron chi connectivity index (χ0n) is 18.2. The summed E-state index contributed by atoms with van der Waals surface area (Å²) >= 11 is 5.84. The summed E-state index contributed by atoms with van der Waals surface area (Å²) < 4.78 is 32.5. The molecular weight excluding hydrogens is 445 g/mol. The minimum absolute atomic E-state index is 0.0158. The predicted molar refractivity (Wildman–Crippen MR) is 117 cm³/mol. The van der Waals surface area contributed by atoms with E-state index < -0.39 is 51.3 Å². The van der Waals surface area contributed by atoms with Crippen LogP contribution in [0, 0.1) is 11.7 Å². The average Bonchev–Trinajstić information content (AvgIpc) is 3.48. The summed E-state index contributed by atoms with van der Waals surface area (Å²) in [5.41, 5.74) is -1.02. The number of carboxylic acid groups (broad SMARTS) is 1. The zero-order chi connectivity index (χ0) is 23.1. The second kappa shape index (κ2) is 8.79. The molecule has 1 saturated carbocycles. The van der Waals surface area contributed by atoms with Crippen LogP contribution in [-0.4, -0.2) is 54.8 Å². The molecule has 3 rings (SSSR count). The second-order valence-electron chi connectivity index (χ2n) is 9.54. The quantitative estimate of drug-likeness (QED) is 0.648. The van der Waals surface area contributed by atoms with Crippen LogP contribution in [0.2, 0.25) is 5.02 Å². The van der Waals surface area contributed by atoms with E-state index in [0.29, 0.717) is 5.56 Å². The van der Waals surface area contributed by atoms with Gasteiger partial charge in [-0.15, -0.1) is 0 Å². The molecule has 2 aliphatic rings. The van der Waals surface area contributed by atoms with Gasteiger partial charge in [-0.05, 0) is 64.2 Å². The molecule has 31 heavy (non-hydrogen) atoms. The van der Waals surface area contributed by atoms with Crippen molar-refractivity contribution in [3.05, 3.63) is 34.6 Å². The number of carbonyl (C=O) groups is 2. The Hall–Kier alpha value is -1.51. The van der Waals surface area contributed by atoms with Crippen LogP contribution in [0.3, 0.4) is 0 Å². The number of morpholine rings is 1. The van der Waals surface area contributed by atoms with E-state index in [1.165, 1.54) is 19.1 Å². The highest BCUT2D eigenvalue weighted by atomic mass is 35.5. The number of nitrogens with zero attached hydrogens (tertiary/aromatic N) is 1. The van der Waals surface area contributed by atoms with Crippen molar-refractivity contribution in [2.75, 3.05) is 12.4 Å². The number of carbonyl (C=O) groups excluding carboxylic acids is 1. The maximum absolute atomic E-state index is 14.2. The fourth-order valence-corrected chi connectivity index (χ4v) is 5.28. The number of amides is 1. The van der Waals surface area contributed by atoms with E-state index >= 15 is 0 Å². The molecule has 0 bridgehead atoms. The van der Waals surface area contributed by atoms with Gasteiger partial charge < -0.3 is 14.7 Å². The van der Waals surface area contributed by atoms with Gasteiger partial charge in [0.2, 0.25) is 0 Å². The van der Waals surface area contributed by atoms with Gasteiger partial charge in [-0.3, -0.25) is 13.8 Å². The topological polar surface area (TPSA) is 83.9 Å². The Balaban J connectivity index is 2.03. The standard InChI is InChI=1S/C22H29ClFNO5S/c1-21(2,3)31(29)12-18(13-5-6-13)25-17(14-7-8-15(23)16(24)9-14)11-30-22(4,20(25)28)10-19(26)27/h7-9,13,17-18H,5-6,10-12H2,1-4H3,(H,26,27)/t17-,18?,22+,31?/m0/s1. The smallest absolute Gasteiger partial charge is 0.306 e. The molecule has 1 aromatic carbocycles. The van der Waals surface area contributed by atoms with Crippen molar-refractivity contribution in [3.8, 4) is 0 Å². The monoisotopic (exact) mass is 473 g/mol. The molecule has 2 fully saturated rings. The van der Waals surface area contributed by atoms with E-state index in [1.54, 1.807) is 11.0 Å². The molecule has 1 heterocycles. The van der Waals surface area contributed by atoms with Crippen molar-refractivity contribution < 1.29 is 28.0 Å². The Bertz CT molecular complexity index is 900. The van der Waals surface area contributed by atoms with Crippen molar-refractivity contribution in [1.29, 1.82) is 0 Å². The highest BCUT2D eigenvalue weighted by Crippen LogP contribution is 2.43. The van der Waals surface area contributed by atoms with E-state index in [1.807, 2.05) is 20.8 Å². The lowest BCUT2D eigenvalue weighted by molar-refractivity contribution is -0.187. The number of carboxylic acids is 1. The number of ether oxygens (including phenoxy) is 1. The first-order chi connectivity index (χ1) is 14.3. The molecule has 9 heteroatoms. The van der Waals surface area contributed by atoms with Crippen molar-refractivity contribution in [2.45, 2.75) is 69.4 Å². The van der Waals surface area contributed by atoms with Crippen LogP contribution in [-0.2, 0) is 25.1 Å². The van der Waals surface area contributed by atoms with Gasteiger partial charge >= 0.3 is 5.97 Å². The Labute approximate surface area is 189 Å². The van der Waals surface area contributed by atoms with Gasteiger partial charge in [-0.1, -0.05) is 17.7 Å². The third kappa shape index (κ3) is 5.29. The molecule has 1 N–H and O–H groups in total. The second-order valence-corrected chi connectivity index (χ2v) is 12.2. The van der Waals surface area contributed by atoms with Crippen LogP contribution < -0.4 is 0 Å². The maximum atomic E-state index is 14.2. The van der Waals surface area contributed by atoms with E-state index in [4.69, 9.17) is 16.3 Å². The Kier molecular flexibility index (Phi) is 6.84. The fourth-order valence-electron chi connectivity index (χ4n) is 3.92. The Morgan fingerprint density at radius 1 is 1.42 bits per heavy atom. The van der Waals surface area contributed by atoms with E-state index in [2.05, 4.69) is 0 Å². The molecule has 1 saturated heterocycles. The minimum atomic E-state index is -1.54. The van der Waals surface area contributed by atoms with Crippen LogP contribution in [0.5, 0.6) is 0 Å². The van der Waals surface area contributed by atoms with Gasteiger partial charge in [0.05, 0.1) is 24.1 Å².